The second kappa shape index (κ2) is 6.02. The fourth-order valence-electron chi connectivity index (χ4n) is 2.19. The highest BCUT2D eigenvalue weighted by atomic mass is 79.9. The zero-order valence-corrected chi connectivity index (χ0v) is 13.4. The molecule has 102 valence electrons. The first-order valence-electron chi connectivity index (χ1n) is 6.29. The predicted molar refractivity (Wildman–Crippen MR) is 75.9 cm³/mol. The van der Waals surface area contributed by atoms with E-state index >= 15 is 0 Å². The average molecular weight is 326 g/mol. The molecule has 0 atom stereocenters. The molecule has 0 aromatic heterocycles. The molecule has 0 heterocycles. The molecule has 0 aliphatic heterocycles. The Balaban J connectivity index is 2.35. The van der Waals surface area contributed by atoms with Gasteiger partial charge < -0.3 is 0 Å². The molecule has 0 unspecified atom stereocenters. The maximum absolute atomic E-state index is 11.8. The zero-order chi connectivity index (χ0) is 13.1. The molecular formula is C12H24BrNO2S. The molecule has 0 amide bonds. The number of hydrogen-bond donors (Lipinski definition) is 1. The van der Waals surface area contributed by atoms with E-state index in [1.165, 1.54) is 0 Å². The number of hydrogen-bond acceptors (Lipinski definition) is 2. The van der Waals surface area contributed by atoms with Crippen molar-refractivity contribution >= 4 is 26.0 Å². The van der Waals surface area contributed by atoms with Gasteiger partial charge >= 0.3 is 0 Å². The van der Waals surface area contributed by atoms with Gasteiger partial charge in [0.05, 0.1) is 5.75 Å². The topological polar surface area (TPSA) is 46.2 Å². The lowest BCUT2D eigenvalue weighted by atomic mass is 9.89. The summed E-state index contributed by atoms with van der Waals surface area (Å²) in [5.74, 6) is 0.715. The molecule has 0 saturated heterocycles. The van der Waals surface area contributed by atoms with Crippen LogP contribution >= 0.6 is 15.9 Å². The number of alkyl halides is 1. The summed E-state index contributed by atoms with van der Waals surface area (Å²) in [4.78, 5) is 0.630. The first-order valence-corrected chi connectivity index (χ1v) is 8.86. The Kier molecular flexibility index (Phi) is 5.47. The summed E-state index contributed by atoms with van der Waals surface area (Å²) in [5, 5.41) is 0. The van der Waals surface area contributed by atoms with Crippen LogP contribution in [0.15, 0.2) is 0 Å². The lowest BCUT2D eigenvalue weighted by Crippen LogP contribution is -2.36. The van der Waals surface area contributed by atoms with Gasteiger partial charge in [0.2, 0.25) is 10.0 Å². The first kappa shape index (κ1) is 15.4. The van der Waals surface area contributed by atoms with E-state index in [4.69, 9.17) is 0 Å². The molecule has 5 heteroatoms. The smallest absolute Gasteiger partial charge is 0.212 e. The lowest BCUT2D eigenvalue weighted by Gasteiger charge is -2.26. The SMILES string of the molecule is CC(C)(C)CS(=O)(=O)NCC1CCC(Br)CC1. The van der Waals surface area contributed by atoms with Crippen molar-refractivity contribution in [1.82, 2.24) is 4.72 Å². The van der Waals surface area contributed by atoms with Crippen molar-refractivity contribution in [3.63, 3.8) is 0 Å². The van der Waals surface area contributed by atoms with Crippen molar-refractivity contribution in [3.05, 3.63) is 0 Å². The van der Waals surface area contributed by atoms with Crippen LogP contribution in [-0.4, -0.2) is 25.5 Å². The van der Waals surface area contributed by atoms with Gasteiger partial charge in [0.25, 0.3) is 0 Å². The monoisotopic (exact) mass is 325 g/mol. The summed E-state index contributed by atoms with van der Waals surface area (Å²) in [5.41, 5.74) is -0.181. The van der Waals surface area contributed by atoms with Gasteiger partial charge in [-0.1, -0.05) is 36.7 Å². The number of rotatable bonds is 4. The van der Waals surface area contributed by atoms with Gasteiger partial charge in [-0.2, -0.15) is 0 Å². The third-order valence-electron chi connectivity index (χ3n) is 2.99. The Morgan fingerprint density at radius 1 is 1.18 bits per heavy atom. The van der Waals surface area contributed by atoms with E-state index in [1.807, 2.05) is 20.8 Å². The maximum atomic E-state index is 11.8. The van der Waals surface area contributed by atoms with Crippen molar-refractivity contribution in [2.24, 2.45) is 11.3 Å². The first-order chi connectivity index (χ1) is 7.68. The fourth-order valence-corrected chi connectivity index (χ4v) is 4.45. The largest absolute Gasteiger partial charge is 0.215 e. The molecule has 1 rings (SSSR count). The van der Waals surface area contributed by atoms with E-state index in [9.17, 15) is 8.42 Å². The highest BCUT2D eigenvalue weighted by Gasteiger charge is 2.24. The molecule has 0 aromatic rings. The maximum Gasteiger partial charge on any atom is 0.212 e. The van der Waals surface area contributed by atoms with Crippen LogP contribution in [0, 0.1) is 11.3 Å². The summed E-state index contributed by atoms with van der Waals surface area (Å²) in [7, 11) is -3.11. The van der Waals surface area contributed by atoms with Crippen LogP contribution in [0.2, 0.25) is 0 Å². The third kappa shape index (κ3) is 6.77. The Hall–Kier alpha value is 0.390. The summed E-state index contributed by atoms with van der Waals surface area (Å²) in [6, 6.07) is 0. The van der Waals surface area contributed by atoms with Gasteiger partial charge in [-0.3, -0.25) is 0 Å². The summed E-state index contributed by atoms with van der Waals surface area (Å²) >= 11 is 3.61. The van der Waals surface area contributed by atoms with E-state index in [2.05, 4.69) is 20.7 Å². The molecule has 1 aliphatic rings. The van der Waals surface area contributed by atoms with Crippen LogP contribution < -0.4 is 4.72 Å². The van der Waals surface area contributed by atoms with Gasteiger partial charge in [0, 0.05) is 11.4 Å². The van der Waals surface area contributed by atoms with Gasteiger partial charge in [0.15, 0.2) is 0 Å². The third-order valence-corrected chi connectivity index (χ3v) is 5.76. The van der Waals surface area contributed by atoms with Gasteiger partial charge in [0.1, 0.15) is 0 Å². The summed E-state index contributed by atoms with van der Waals surface area (Å²) < 4.78 is 26.4. The minimum atomic E-state index is -3.11. The fraction of sp³-hybridized carbons (Fsp3) is 1.00. The van der Waals surface area contributed by atoms with Crippen LogP contribution in [-0.2, 0) is 10.0 Å². The molecule has 1 saturated carbocycles. The molecule has 0 radical (unpaired) electrons. The molecule has 1 aliphatic carbocycles. The average Bonchev–Trinajstić information content (AvgIpc) is 2.13. The molecule has 3 nitrogen and oxygen atoms in total. The summed E-state index contributed by atoms with van der Waals surface area (Å²) in [6.45, 7) is 6.45. The normalized spacial score (nSPS) is 27.1. The second-order valence-corrected chi connectivity index (χ2v) is 9.39. The second-order valence-electron chi connectivity index (χ2n) is 6.29. The minimum Gasteiger partial charge on any atom is -0.215 e. The molecule has 1 fully saturated rings. The van der Waals surface area contributed by atoms with E-state index in [-0.39, 0.29) is 11.2 Å². The molecule has 0 bridgehead atoms. The quantitative estimate of drug-likeness (QED) is 0.808. The van der Waals surface area contributed by atoms with E-state index < -0.39 is 10.0 Å². The van der Waals surface area contributed by atoms with Crippen LogP contribution in [0.1, 0.15) is 46.5 Å². The van der Waals surface area contributed by atoms with Crippen molar-refractivity contribution < 1.29 is 8.42 Å². The van der Waals surface area contributed by atoms with Crippen LogP contribution in [0.5, 0.6) is 0 Å². The van der Waals surface area contributed by atoms with Crippen molar-refractivity contribution in [2.45, 2.75) is 51.3 Å². The van der Waals surface area contributed by atoms with Gasteiger partial charge in [-0.15, -0.1) is 0 Å². The highest BCUT2D eigenvalue weighted by molar-refractivity contribution is 9.09. The Morgan fingerprint density at radius 3 is 2.18 bits per heavy atom. The highest BCUT2D eigenvalue weighted by Crippen LogP contribution is 2.28. The summed E-state index contributed by atoms with van der Waals surface area (Å²) in [6.07, 6.45) is 4.55. The molecule has 1 N–H and O–H groups in total. The Morgan fingerprint density at radius 2 is 1.71 bits per heavy atom. The molecule has 17 heavy (non-hydrogen) atoms. The van der Waals surface area contributed by atoms with Crippen LogP contribution in [0.4, 0.5) is 0 Å². The molecule has 0 aromatic carbocycles. The van der Waals surface area contributed by atoms with E-state index in [0.29, 0.717) is 17.3 Å². The van der Waals surface area contributed by atoms with Crippen molar-refractivity contribution in [1.29, 1.82) is 0 Å². The Bertz CT molecular complexity index is 327. The van der Waals surface area contributed by atoms with Crippen LogP contribution in [0.3, 0.4) is 0 Å². The van der Waals surface area contributed by atoms with Gasteiger partial charge in [-0.05, 0) is 37.0 Å². The number of nitrogens with one attached hydrogen (secondary N) is 1. The number of sulfonamides is 1. The number of halogens is 1. The van der Waals surface area contributed by atoms with Crippen molar-refractivity contribution in [2.75, 3.05) is 12.3 Å². The zero-order valence-electron chi connectivity index (χ0n) is 11.0. The lowest BCUT2D eigenvalue weighted by molar-refractivity contribution is 0.365. The van der Waals surface area contributed by atoms with Crippen LogP contribution in [0.25, 0.3) is 0 Å². The molecule has 0 spiro atoms. The van der Waals surface area contributed by atoms with E-state index in [1.54, 1.807) is 0 Å². The molecular weight excluding hydrogens is 302 g/mol. The predicted octanol–water partition coefficient (Wildman–Crippen LogP) is 2.91. The Labute approximate surface area is 114 Å². The van der Waals surface area contributed by atoms with Crippen molar-refractivity contribution in [3.8, 4) is 0 Å². The van der Waals surface area contributed by atoms with Gasteiger partial charge in [-0.25, -0.2) is 13.1 Å². The minimum absolute atomic E-state index is 0.181. The van der Waals surface area contributed by atoms with E-state index in [0.717, 1.165) is 25.7 Å². The standard InChI is InChI=1S/C12H24BrNO2S/c1-12(2,3)9-17(15,16)14-8-10-4-6-11(13)7-5-10/h10-11,14H,4-9H2,1-3H3.